The second-order valence-corrected chi connectivity index (χ2v) is 4.47. The van der Waals surface area contributed by atoms with Gasteiger partial charge in [-0.25, -0.2) is 4.98 Å². The van der Waals surface area contributed by atoms with Crippen molar-refractivity contribution in [2.75, 3.05) is 13.2 Å². The van der Waals surface area contributed by atoms with Gasteiger partial charge >= 0.3 is 0 Å². The van der Waals surface area contributed by atoms with E-state index in [2.05, 4.69) is 4.98 Å². The first-order chi connectivity index (χ1) is 7.20. The first-order valence-electron chi connectivity index (χ1n) is 5.52. The fraction of sp³-hybridized carbons (Fsp3) is 0.727. The minimum atomic E-state index is -0.135. The molecular formula is C11H19N3O. The van der Waals surface area contributed by atoms with Gasteiger partial charge in [-0.3, -0.25) is 0 Å². The number of aryl methyl sites for hydroxylation is 2. The molecule has 0 saturated carbocycles. The van der Waals surface area contributed by atoms with E-state index in [0.717, 1.165) is 38.1 Å². The van der Waals surface area contributed by atoms with Gasteiger partial charge in [0.25, 0.3) is 0 Å². The van der Waals surface area contributed by atoms with Crippen LogP contribution in [-0.2, 0) is 18.2 Å². The summed E-state index contributed by atoms with van der Waals surface area (Å²) in [5.41, 5.74) is 6.13. The van der Waals surface area contributed by atoms with Crippen molar-refractivity contribution in [2.24, 2.45) is 12.8 Å². The predicted octanol–water partition coefficient (Wildman–Crippen LogP) is 0.861. The SMILES string of the molecule is Cn1ccnc1CCC1(N)CCCOC1. The third kappa shape index (κ3) is 2.58. The molecule has 1 unspecified atom stereocenters. The first kappa shape index (κ1) is 10.6. The number of aromatic nitrogens is 2. The van der Waals surface area contributed by atoms with Gasteiger partial charge in [0.2, 0.25) is 0 Å². The Balaban J connectivity index is 1.89. The highest BCUT2D eigenvalue weighted by atomic mass is 16.5. The smallest absolute Gasteiger partial charge is 0.108 e. The fourth-order valence-electron chi connectivity index (χ4n) is 2.07. The normalized spacial score (nSPS) is 26.8. The molecule has 0 aromatic carbocycles. The summed E-state index contributed by atoms with van der Waals surface area (Å²) in [6, 6.07) is 0. The molecule has 2 N–H and O–H groups in total. The van der Waals surface area contributed by atoms with Crippen molar-refractivity contribution < 1.29 is 4.74 Å². The van der Waals surface area contributed by atoms with Gasteiger partial charge in [0.1, 0.15) is 5.82 Å². The lowest BCUT2D eigenvalue weighted by Gasteiger charge is -2.33. The quantitative estimate of drug-likeness (QED) is 0.803. The van der Waals surface area contributed by atoms with Crippen LogP contribution in [0.25, 0.3) is 0 Å². The Morgan fingerprint density at radius 2 is 2.53 bits per heavy atom. The van der Waals surface area contributed by atoms with Gasteiger partial charge in [-0.15, -0.1) is 0 Å². The summed E-state index contributed by atoms with van der Waals surface area (Å²) in [5, 5.41) is 0. The van der Waals surface area contributed by atoms with E-state index in [1.807, 2.05) is 24.0 Å². The van der Waals surface area contributed by atoms with E-state index in [-0.39, 0.29) is 5.54 Å². The highest BCUT2D eigenvalue weighted by molar-refractivity contribution is 4.95. The van der Waals surface area contributed by atoms with Crippen molar-refractivity contribution in [1.29, 1.82) is 0 Å². The minimum absolute atomic E-state index is 0.135. The molecular weight excluding hydrogens is 190 g/mol. The third-order valence-electron chi connectivity index (χ3n) is 3.12. The van der Waals surface area contributed by atoms with E-state index in [9.17, 15) is 0 Å². The van der Waals surface area contributed by atoms with E-state index in [1.54, 1.807) is 0 Å². The summed E-state index contributed by atoms with van der Waals surface area (Å²) in [6.45, 7) is 1.55. The molecule has 0 amide bonds. The van der Waals surface area contributed by atoms with Gasteiger partial charge in [0.05, 0.1) is 6.61 Å². The van der Waals surface area contributed by atoms with Crippen LogP contribution in [-0.4, -0.2) is 28.3 Å². The third-order valence-corrected chi connectivity index (χ3v) is 3.12. The summed E-state index contributed by atoms with van der Waals surface area (Å²) in [5.74, 6) is 1.10. The predicted molar refractivity (Wildman–Crippen MR) is 58.5 cm³/mol. The Labute approximate surface area is 90.4 Å². The first-order valence-corrected chi connectivity index (χ1v) is 5.52. The molecule has 4 nitrogen and oxygen atoms in total. The van der Waals surface area contributed by atoms with E-state index >= 15 is 0 Å². The molecule has 4 heteroatoms. The summed E-state index contributed by atoms with van der Waals surface area (Å²) in [7, 11) is 2.02. The molecule has 0 bridgehead atoms. The molecule has 0 spiro atoms. The fourth-order valence-corrected chi connectivity index (χ4v) is 2.07. The van der Waals surface area contributed by atoms with Crippen LogP contribution in [0, 0.1) is 0 Å². The molecule has 1 aromatic rings. The van der Waals surface area contributed by atoms with Gasteiger partial charge in [0.15, 0.2) is 0 Å². The standard InChI is InChI=1S/C11H19N3O/c1-14-7-6-13-10(14)3-5-11(12)4-2-8-15-9-11/h6-7H,2-5,8-9,12H2,1H3. The molecule has 84 valence electrons. The van der Waals surface area contributed by atoms with Crippen LogP contribution in [0.4, 0.5) is 0 Å². The summed E-state index contributed by atoms with van der Waals surface area (Å²) >= 11 is 0. The number of hydrogen-bond donors (Lipinski definition) is 1. The Bertz CT molecular complexity index is 315. The summed E-state index contributed by atoms with van der Waals surface area (Å²) < 4.78 is 7.48. The van der Waals surface area contributed by atoms with Crippen LogP contribution >= 0.6 is 0 Å². The molecule has 1 aliphatic heterocycles. The molecule has 2 rings (SSSR count). The summed E-state index contributed by atoms with van der Waals surface area (Å²) in [4.78, 5) is 4.30. The topological polar surface area (TPSA) is 53.1 Å². The Hall–Kier alpha value is -0.870. The molecule has 1 aliphatic rings. The van der Waals surface area contributed by atoms with E-state index < -0.39 is 0 Å². The zero-order valence-corrected chi connectivity index (χ0v) is 9.28. The maximum atomic E-state index is 6.26. The van der Waals surface area contributed by atoms with Crippen LogP contribution in [0.3, 0.4) is 0 Å². The number of nitrogens with two attached hydrogens (primary N) is 1. The van der Waals surface area contributed by atoms with Crippen molar-refractivity contribution in [1.82, 2.24) is 9.55 Å². The van der Waals surface area contributed by atoms with Gasteiger partial charge in [-0.05, 0) is 19.3 Å². The van der Waals surface area contributed by atoms with Crippen molar-refractivity contribution in [3.8, 4) is 0 Å². The maximum Gasteiger partial charge on any atom is 0.108 e. The van der Waals surface area contributed by atoms with E-state index in [1.165, 1.54) is 0 Å². The highest BCUT2D eigenvalue weighted by Gasteiger charge is 2.28. The zero-order valence-electron chi connectivity index (χ0n) is 9.28. The molecule has 1 aromatic heterocycles. The van der Waals surface area contributed by atoms with Crippen molar-refractivity contribution in [3.05, 3.63) is 18.2 Å². The number of ether oxygens (including phenoxy) is 1. The minimum Gasteiger partial charge on any atom is -0.380 e. The zero-order chi connectivity index (χ0) is 10.7. The maximum absolute atomic E-state index is 6.26. The van der Waals surface area contributed by atoms with Gasteiger partial charge in [-0.2, -0.15) is 0 Å². The van der Waals surface area contributed by atoms with Gasteiger partial charge < -0.3 is 15.0 Å². The van der Waals surface area contributed by atoms with Crippen molar-refractivity contribution in [3.63, 3.8) is 0 Å². The highest BCUT2D eigenvalue weighted by Crippen LogP contribution is 2.21. The van der Waals surface area contributed by atoms with E-state index in [4.69, 9.17) is 10.5 Å². The van der Waals surface area contributed by atoms with E-state index in [0.29, 0.717) is 6.61 Å². The van der Waals surface area contributed by atoms with Gasteiger partial charge in [0, 0.05) is 38.0 Å². The molecule has 15 heavy (non-hydrogen) atoms. The number of nitrogens with zero attached hydrogens (tertiary/aromatic N) is 2. The number of rotatable bonds is 3. The Morgan fingerprint density at radius 1 is 1.67 bits per heavy atom. The molecule has 0 aliphatic carbocycles. The van der Waals surface area contributed by atoms with Crippen LogP contribution in [0.5, 0.6) is 0 Å². The average Bonchev–Trinajstić information content (AvgIpc) is 2.62. The lowest BCUT2D eigenvalue weighted by Crippen LogP contribution is -2.47. The lowest BCUT2D eigenvalue weighted by molar-refractivity contribution is 0.0343. The molecule has 1 fully saturated rings. The van der Waals surface area contributed by atoms with Gasteiger partial charge in [-0.1, -0.05) is 0 Å². The molecule has 1 saturated heterocycles. The Kier molecular flexibility index (Phi) is 3.07. The van der Waals surface area contributed by atoms with Crippen molar-refractivity contribution >= 4 is 0 Å². The van der Waals surface area contributed by atoms with Crippen LogP contribution in [0.1, 0.15) is 25.1 Å². The second kappa shape index (κ2) is 4.33. The molecule has 2 heterocycles. The average molecular weight is 209 g/mol. The largest absolute Gasteiger partial charge is 0.380 e. The van der Waals surface area contributed by atoms with Crippen molar-refractivity contribution in [2.45, 2.75) is 31.2 Å². The molecule has 0 radical (unpaired) electrons. The van der Waals surface area contributed by atoms with Crippen LogP contribution in [0.2, 0.25) is 0 Å². The number of imidazole rings is 1. The van der Waals surface area contributed by atoms with Crippen LogP contribution in [0.15, 0.2) is 12.4 Å². The second-order valence-electron chi connectivity index (χ2n) is 4.47. The monoisotopic (exact) mass is 209 g/mol. The van der Waals surface area contributed by atoms with Crippen LogP contribution < -0.4 is 5.73 Å². The summed E-state index contributed by atoms with van der Waals surface area (Å²) in [6.07, 6.45) is 7.83. The number of hydrogen-bond acceptors (Lipinski definition) is 3. The molecule has 1 atom stereocenters. The lowest BCUT2D eigenvalue weighted by atomic mass is 9.88. The Morgan fingerprint density at radius 3 is 3.13 bits per heavy atom.